The van der Waals surface area contributed by atoms with E-state index in [4.69, 9.17) is 0 Å². The van der Waals surface area contributed by atoms with E-state index in [-0.39, 0.29) is 18.4 Å². The van der Waals surface area contributed by atoms with Gasteiger partial charge in [0.15, 0.2) is 0 Å². The summed E-state index contributed by atoms with van der Waals surface area (Å²) < 4.78 is 0. The molecule has 0 bridgehead atoms. The summed E-state index contributed by atoms with van der Waals surface area (Å²) in [5.41, 5.74) is 3.66. The molecule has 2 aliphatic rings. The number of carbonyl (C=O) groups excluding carboxylic acids is 2. The largest absolute Gasteiger partial charge is 0.369 e. The lowest BCUT2D eigenvalue weighted by Crippen LogP contribution is -2.44. The number of piperazine rings is 1. The number of hydrogen-bond donors (Lipinski definition) is 1. The highest BCUT2D eigenvalue weighted by Crippen LogP contribution is 2.34. The van der Waals surface area contributed by atoms with E-state index < -0.39 is 0 Å². The Morgan fingerprint density at radius 3 is 2.24 bits per heavy atom. The molecule has 2 amide bonds. The SMILES string of the molecule is CN1CCN(c2ccc(NC3=C(c4cccs4)C(=O)N(Cc4ccccc4)C3=O)cc2)CC1. The second-order valence-electron chi connectivity index (χ2n) is 8.37. The molecule has 2 aliphatic heterocycles. The average Bonchev–Trinajstić information content (AvgIpc) is 3.44. The maximum atomic E-state index is 13.4. The van der Waals surface area contributed by atoms with Crippen LogP contribution in [0.25, 0.3) is 5.57 Å². The van der Waals surface area contributed by atoms with E-state index in [1.165, 1.54) is 21.9 Å². The average molecular weight is 459 g/mol. The Morgan fingerprint density at radius 2 is 1.58 bits per heavy atom. The van der Waals surface area contributed by atoms with E-state index in [9.17, 15) is 9.59 Å². The highest BCUT2D eigenvalue weighted by atomic mass is 32.1. The molecule has 6 nitrogen and oxygen atoms in total. The van der Waals surface area contributed by atoms with Gasteiger partial charge < -0.3 is 15.1 Å². The van der Waals surface area contributed by atoms with Crippen LogP contribution < -0.4 is 10.2 Å². The van der Waals surface area contributed by atoms with Crippen molar-refractivity contribution in [3.05, 3.63) is 88.2 Å². The zero-order valence-corrected chi connectivity index (χ0v) is 19.3. The summed E-state index contributed by atoms with van der Waals surface area (Å²) >= 11 is 1.46. The normalized spacial score (nSPS) is 17.2. The molecular weight excluding hydrogens is 432 g/mol. The Labute approximate surface area is 197 Å². The molecule has 168 valence electrons. The molecule has 0 unspecified atom stereocenters. The van der Waals surface area contributed by atoms with Gasteiger partial charge in [0, 0.05) is 42.4 Å². The Kier molecular flexibility index (Phi) is 5.98. The third-order valence-electron chi connectivity index (χ3n) is 6.12. The fraction of sp³-hybridized carbons (Fsp3) is 0.231. The maximum Gasteiger partial charge on any atom is 0.278 e. The number of likely N-dealkylation sites (N-methyl/N-ethyl adjacent to an activating group) is 1. The number of amides is 2. The van der Waals surface area contributed by atoms with E-state index >= 15 is 0 Å². The number of thiophene rings is 1. The first kappa shape index (κ1) is 21.4. The molecule has 0 spiro atoms. The summed E-state index contributed by atoms with van der Waals surface area (Å²) in [4.78, 5) is 33.5. The maximum absolute atomic E-state index is 13.4. The van der Waals surface area contributed by atoms with Crippen LogP contribution in [-0.4, -0.2) is 54.8 Å². The predicted octanol–water partition coefficient (Wildman–Crippen LogP) is 3.89. The van der Waals surface area contributed by atoms with Crippen molar-refractivity contribution in [1.29, 1.82) is 0 Å². The Balaban J connectivity index is 1.39. The number of hydrogen-bond acceptors (Lipinski definition) is 6. The monoisotopic (exact) mass is 458 g/mol. The van der Waals surface area contributed by atoms with Crippen LogP contribution in [0.5, 0.6) is 0 Å². The number of imide groups is 1. The van der Waals surface area contributed by atoms with Gasteiger partial charge >= 0.3 is 0 Å². The molecule has 1 fully saturated rings. The van der Waals surface area contributed by atoms with Gasteiger partial charge in [0.05, 0.1) is 12.1 Å². The Morgan fingerprint density at radius 1 is 0.848 bits per heavy atom. The summed E-state index contributed by atoms with van der Waals surface area (Å²) in [6.45, 7) is 4.34. The molecule has 33 heavy (non-hydrogen) atoms. The molecular formula is C26H26N4O2S. The molecule has 0 saturated carbocycles. The van der Waals surface area contributed by atoms with Crippen LogP contribution in [0.4, 0.5) is 11.4 Å². The lowest BCUT2D eigenvalue weighted by atomic mass is 10.1. The van der Waals surface area contributed by atoms with Gasteiger partial charge in [0.1, 0.15) is 5.70 Å². The first-order valence-electron chi connectivity index (χ1n) is 11.1. The van der Waals surface area contributed by atoms with E-state index in [1.807, 2.05) is 60.0 Å². The van der Waals surface area contributed by atoms with Crippen molar-refractivity contribution in [2.45, 2.75) is 6.54 Å². The minimum atomic E-state index is -0.296. The molecule has 7 heteroatoms. The first-order chi connectivity index (χ1) is 16.1. The summed E-state index contributed by atoms with van der Waals surface area (Å²) in [6.07, 6.45) is 0. The van der Waals surface area contributed by atoms with Crippen molar-refractivity contribution in [3.63, 3.8) is 0 Å². The predicted molar refractivity (Wildman–Crippen MR) is 133 cm³/mol. The molecule has 0 atom stereocenters. The van der Waals surface area contributed by atoms with Crippen molar-refractivity contribution in [2.24, 2.45) is 0 Å². The Bertz CT molecular complexity index is 1160. The highest BCUT2D eigenvalue weighted by molar-refractivity contribution is 7.11. The third-order valence-corrected chi connectivity index (χ3v) is 7.01. The van der Waals surface area contributed by atoms with Gasteiger partial charge in [-0.1, -0.05) is 36.4 Å². The highest BCUT2D eigenvalue weighted by Gasteiger charge is 2.39. The molecule has 1 N–H and O–H groups in total. The number of anilines is 2. The van der Waals surface area contributed by atoms with Crippen molar-refractivity contribution in [1.82, 2.24) is 9.80 Å². The van der Waals surface area contributed by atoms with Gasteiger partial charge in [-0.3, -0.25) is 14.5 Å². The van der Waals surface area contributed by atoms with E-state index in [1.54, 1.807) is 0 Å². The second-order valence-corrected chi connectivity index (χ2v) is 9.32. The standard InChI is InChI=1S/C26H26N4O2S/c1-28-13-15-29(16-14-28)21-11-9-20(10-12-21)27-24-23(22-8-5-17-33-22)25(31)30(26(24)32)18-19-6-3-2-4-7-19/h2-12,17,27H,13-16,18H2,1H3. The fourth-order valence-electron chi connectivity index (χ4n) is 4.22. The van der Waals surface area contributed by atoms with Crippen LogP contribution in [0.3, 0.4) is 0 Å². The van der Waals surface area contributed by atoms with Gasteiger partial charge in [-0.15, -0.1) is 11.3 Å². The number of nitrogens with zero attached hydrogens (tertiary/aromatic N) is 3. The van der Waals surface area contributed by atoms with Gasteiger partial charge in [0.2, 0.25) is 0 Å². The minimum Gasteiger partial charge on any atom is -0.369 e. The lowest BCUT2D eigenvalue weighted by Gasteiger charge is -2.34. The van der Waals surface area contributed by atoms with Crippen molar-refractivity contribution >= 4 is 40.1 Å². The van der Waals surface area contributed by atoms with Crippen molar-refractivity contribution < 1.29 is 9.59 Å². The molecule has 1 saturated heterocycles. The molecule has 1 aromatic heterocycles. The summed E-state index contributed by atoms with van der Waals surface area (Å²) in [5.74, 6) is -0.557. The molecule has 3 heterocycles. The van der Waals surface area contributed by atoms with E-state index in [0.717, 1.165) is 42.3 Å². The topological polar surface area (TPSA) is 55.9 Å². The zero-order chi connectivity index (χ0) is 22.8. The van der Waals surface area contributed by atoms with Gasteiger partial charge in [0.25, 0.3) is 11.8 Å². The Hall–Kier alpha value is -3.42. The molecule has 3 aromatic rings. The minimum absolute atomic E-state index is 0.251. The fourth-order valence-corrected chi connectivity index (χ4v) is 4.98. The van der Waals surface area contributed by atoms with Gasteiger partial charge in [-0.2, -0.15) is 0 Å². The van der Waals surface area contributed by atoms with Crippen LogP contribution in [0.1, 0.15) is 10.4 Å². The quantitative estimate of drug-likeness (QED) is 0.568. The van der Waals surface area contributed by atoms with Gasteiger partial charge in [-0.25, -0.2) is 0 Å². The molecule has 5 rings (SSSR count). The van der Waals surface area contributed by atoms with Crippen LogP contribution in [-0.2, 0) is 16.1 Å². The summed E-state index contributed by atoms with van der Waals surface area (Å²) in [6, 6.07) is 21.5. The van der Waals surface area contributed by atoms with E-state index in [2.05, 4.69) is 34.3 Å². The number of rotatable bonds is 6. The number of nitrogens with one attached hydrogen (secondary N) is 1. The van der Waals surface area contributed by atoms with Crippen LogP contribution in [0.15, 0.2) is 77.8 Å². The molecule has 0 radical (unpaired) electrons. The van der Waals surface area contributed by atoms with Crippen LogP contribution in [0, 0.1) is 0 Å². The zero-order valence-electron chi connectivity index (χ0n) is 18.5. The van der Waals surface area contributed by atoms with Crippen molar-refractivity contribution in [3.8, 4) is 0 Å². The van der Waals surface area contributed by atoms with E-state index in [0.29, 0.717) is 11.3 Å². The summed E-state index contributed by atoms with van der Waals surface area (Å²) in [7, 11) is 2.14. The van der Waals surface area contributed by atoms with Crippen LogP contribution in [0.2, 0.25) is 0 Å². The van der Waals surface area contributed by atoms with Crippen molar-refractivity contribution in [2.75, 3.05) is 43.4 Å². The second kappa shape index (κ2) is 9.21. The number of benzene rings is 2. The van der Waals surface area contributed by atoms with Gasteiger partial charge in [-0.05, 0) is 48.3 Å². The smallest absolute Gasteiger partial charge is 0.278 e. The first-order valence-corrected chi connectivity index (χ1v) is 12.0. The molecule has 0 aliphatic carbocycles. The summed E-state index contributed by atoms with van der Waals surface area (Å²) in [5, 5.41) is 5.18. The number of carbonyl (C=O) groups is 2. The molecule has 2 aromatic carbocycles. The van der Waals surface area contributed by atoms with Crippen LogP contribution >= 0.6 is 11.3 Å². The lowest BCUT2D eigenvalue weighted by molar-refractivity contribution is -0.137. The third kappa shape index (κ3) is 4.42.